The number of hydrogen-bond donors (Lipinski definition) is 2. The Morgan fingerprint density at radius 3 is 2.50 bits per heavy atom. The van der Waals surface area contributed by atoms with Crippen molar-refractivity contribution in [3.63, 3.8) is 0 Å². The molecule has 2 aliphatic carbocycles. The molecular weight excluding hydrogens is 474 g/mol. The van der Waals surface area contributed by atoms with Gasteiger partial charge in [-0.25, -0.2) is 0 Å². The topological polar surface area (TPSA) is 106 Å². The molecule has 4 aromatic rings. The quantitative estimate of drug-likeness (QED) is 0.281. The SMILES string of the molecule is Nc1ccc2c(c1)CCCc1cc(-c3nnc(Nc4ccc5c(c4)CCC(N4CCCC4)CC5)o3)nnc1-2. The second-order valence-electron chi connectivity index (χ2n) is 10.9. The van der Waals surface area contributed by atoms with Crippen molar-refractivity contribution < 1.29 is 4.42 Å². The van der Waals surface area contributed by atoms with Crippen LogP contribution in [0.15, 0.2) is 46.9 Å². The minimum absolute atomic E-state index is 0.362. The predicted octanol–water partition coefficient (Wildman–Crippen LogP) is 5.35. The number of aromatic nitrogens is 4. The van der Waals surface area contributed by atoms with Gasteiger partial charge in [0.2, 0.25) is 0 Å². The Morgan fingerprint density at radius 1 is 0.763 bits per heavy atom. The number of nitrogen functional groups attached to an aromatic ring is 1. The van der Waals surface area contributed by atoms with Gasteiger partial charge in [0.15, 0.2) is 5.69 Å². The van der Waals surface area contributed by atoms with Crippen LogP contribution in [0.3, 0.4) is 0 Å². The van der Waals surface area contributed by atoms with E-state index in [9.17, 15) is 0 Å². The number of nitrogens with one attached hydrogen (secondary N) is 1. The van der Waals surface area contributed by atoms with E-state index in [0.29, 0.717) is 23.6 Å². The fourth-order valence-corrected chi connectivity index (χ4v) is 6.41. The summed E-state index contributed by atoms with van der Waals surface area (Å²) in [6.07, 6.45) is 10.4. The van der Waals surface area contributed by atoms with Gasteiger partial charge in [0.25, 0.3) is 5.89 Å². The van der Waals surface area contributed by atoms with Crippen LogP contribution in [0.2, 0.25) is 0 Å². The molecule has 3 aliphatic rings. The summed E-state index contributed by atoms with van der Waals surface area (Å²) in [4.78, 5) is 2.70. The van der Waals surface area contributed by atoms with E-state index < -0.39 is 0 Å². The summed E-state index contributed by atoms with van der Waals surface area (Å²) in [6.45, 7) is 2.54. The Labute approximate surface area is 222 Å². The summed E-state index contributed by atoms with van der Waals surface area (Å²) < 4.78 is 5.98. The summed E-state index contributed by atoms with van der Waals surface area (Å²) in [5.41, 5.74) is 15.6. The van der Waals surface area contributed by atoms with E-state index >= 15 is 0 Å². The fraction of sp³-hybridized carbons (Fsp3) is 0.400. The number of fused-ring (bicyclic) bond motifs is 4. The molecule has 2 aromatic carbocycles. The number of benzene rings is 2. The van der Waals surface area contributed by atoms with E-state index in [1.165, 1.54) is 55.5 Å². The van der Waals surface area contributed by atoms with Crippen molar-refractivity contribution >= 4 is 17.4 Å². The average molecular weight is 508 g/mol. The van der Waals surface area contributed by atoms with Gasteiger partial charge in [-0.1, -0.05) is 17.2 Å². The van der Waals surface area contributed by atoms with E-state index in [1.807, 2.05) is 24.3 Å². The second-order valence-corrected chi connectivity index (χ2v) is 10.9. The number of likely N-dealkylation sites (tertiary alicyclic amines) is 1. The molecule has 8 nitrogen and oxygen atoms in total. The van der Waals surface area contributed by atoms with Crippen LogP contribution < -0.4 is 11.1 Å². The smallest absolute Gasteiger partial charge is 0.320 e. The van der Waals surface area contributed by atoms with Crippen LogP contribution in [0.5, 0.6) is 0 Å². The zero-order chi connectivity index (χ0) is 25.5. The molecular formula is C30H33N7O. The predicted molar refractivity (Wildman–Crippen MR) is 148 cm³/mol. The van der Waals surface area contributed by atoms with Gasteiger partial charge < -0.3 is 20.4 Å². The van der Waals surface area contributed by atoms with E-state index in [0.717, 1.165) is 60.3 Å². The molecule has 1 aliphatic heterocycles. The highest BCUT2D eigenvalue weighted by atomic mass is 16.4. The van der Waals surface area contributed by atoms with Gasteiger partial charge in [-0.05, 0) is 123 Å². The van der Waals surface area contributed by atoms with Crippen LogP contribution in [0.4, 0.5) is 17.4 Å². The molecule has 8 heteroatoms. The molecule has 3 heterocycles. The molecule has 0 spiro atoms. The van der Waals surface area contributed by atoms with Crippen molar-refractivity contribution in [1.29, 1.82) is 0 Å². The number of nitrogens with zero attached hydrogens (tertiary/aromatic N) is 5. The average Bonchev–Trinajstić information content (AvgIpc) is 3.54. The molecule has 0 saturated carbocycles. The van der Waals surface area contributed by atoms with Gasteiger partial charge in [-0.15, -0.1) is 15.3 Å². The van der Waals surface area contributed by atoms with E-state index in [2.05, 4.69) is 48.8 Å². The van der Waals surface area contributed by atoms with Crippen LogP contribution in [0.25, 0.3) is 22.8 Å². The number of rotatable bonds is 4. The molecule has 1 atom stereocenters. The number of hydrogen-bond acceptors (Lipinski definition) is 8. The molecule has 194 valence electrons. The lowest BCUT2D eigenvalue weighted by atomic mass is 10.0. The molecule has 1 saturated heterocycles. The van der Waals surface area contributed by atoms with Crippen LogP contribution in [0, 0.1) is 0 Å². The summed E-state index contributed by atoms with van der Waals surface area (Å²) in [7, 11) is 0. The van der Waals surface area contributed by atoms with E-state index in [4.69, 9.17) is 10.2 Å². The Morgan fingerprint density at radius 2 is 1.61 bits per heavy atom. The largest absolute Gasteiger partial charge is 0.401 e. The highest BCUT2D eigenvalue weighted by molar-refractivity contribution is 5.71. The number of aryl methyl sites for hydroxylation is 4. The van der Waals surface area contributed by atoms with Crippen LogP contribution in [-0.2, 0) is 25.7 Å². The Bertz CT molecular complexity index is 1470. The van der Waals surface area contributed by atoms with Crippen molar-refractivity contribution in [3.8, 4) is 22.8 Å². The molecule has 0 radical (unpaired) electrons. The maximum Gasteiger partial charge on any atom is 0.320 e. The third-order valence-electron chi connectivity index (χ3n) is 8.40. The monoisotopic (exact) mass is 507 g/mol. The summed E-state index contributed by atoms with van der Waals surface area (Å²) in [5, 5.41) is 20.8. The summed E-state index contributed by atoms with van der Waals surface area (Å²) >= 11 is 0. The highest BCUT2D eigenvalue weighted by Gasteiger charge is 2.25. The van der Waals surface area contributed by atoms with Gasteiger partial charge in [0.1, 0.15) is 0 Å². The first-order valence-electron chi connectivity index (χ1n) is 13.9. The Hall–Kier alpha value is -3.78. The molecule has 7 rings (SSSR count). The van der Waals surface area contributed by atoms with Crippen LogP contribution in [0.1, 0.15) is 54.4 Å². The zero-order valence-corrected chi connectivity index (χ0v) is 21.6. The van der Waals surface area contributed by atoms with Gasteiger partial charge in [0, 0.05) is 23.0 Å². The Kier molecular flexibility index (Phi) is 6.04. The maximum atomic E-state index is 6.01. The molecule has 0 amide bonds. The van der Waals surface area contributed by atoms with Gasteiger partial charge in [0.05, 0.1) is 5.69 Å². The van der Waals surface area contributed by atoms with Crippen molar-refractivity contribution in [3.05, 3.63) is 64.7 Å². The van der Waals surface area contributed by atoms with Crippen molar-refractivity contribution in [2.45, 2.75) is 63.8 Å². The molecule has 3 N–H and O–H groups in total. The summed E-state index contributed by atoms with van der Waals surface area (Å²) in [6, 6.07) is 15.7. The van der Waals surface area contributed by atoms with Gasteiger partial charge in [-0.2, -0.15) is 0 Å². The normalized spacial score (nSPS) is 19.2. The fourth-order valence-electron chi connectivity index (χ4n) is 6.41. The lowest BCUT2D eigenvalue weighted by Gasteiger charge is -2.25. The first-order valence-corrected chi connectivity index (χ1v) is 13.9. The lowest BCUT2D eigenvalue weighted by Crippen LogP contribution is -2.32. The first-order chi connectivity index (χ1) is 18.7. The zero-order valence-electron chi connectivity index (χ0n) is 21.6. The maximum absolute atomic E-state index is 6.01. The number of nitrogens with two attached hydrogens (primary N) is 1. The molecule has 2 aromatic heterocycles. The molecule has 1 unspecified atom stereocenters. The first kappa shape index (κ1) is 23.3. The van der Waals surface area contributed by atoms with E-state index in [-0.39, 0.29) is 0 Å². The van der Waals surface area contributed by atoms with Crippen molar-refractivity contribution in [1.82, 2.24) is 25.3 Å². The van der Waals surface area contributed by atoms with Crippen LogP contribution >= 0.6 is 0 Å². The summed E-state index contributed by atoms with van der Waals surface area (Å²) in [5.74, 6) is 0.368. The molecule has 1 fully saturated rings. The highest BCUT2D eigenvalue weighted by Crippen LogP contribution is 2.34. The second kappa shape index (κ2) is 9.83. The minimum atomic E-state index is 0.362. The third kappa shape index (κ3) is 4.53. The van der Waals surface area contributed by atoms with Crippen molar-refractivity contribution in [2.75, 3.05) is 24.1 Å². The number of anilines is 3. The van der Waals surface area contributed by atoms with Crippen LogP contribution in [-0.4, -0.2) is 44.4 Å². The minimum Gasteiger partial charge on any atom is -0.401 e. The third-order valence-corrected chi connectivity index (χ3v) is 8.40. The molecule has 38 heavy (non-hydrogen) atoms. The van der Waals surface area contributed by atoms with Gasteiger partial charge >= 0.3 is 6.01 Å². The Balaban J connectivity index is 1.08. The van der Waals surface area contributed by atoms with E-state index in [1.54, 1.807) is 0 Å². The lowest BCUT2D eigenvalue weighted by molar-refractivity contribution is 0.222. The molecule has 0 bridgehead atoms. The van der Waals surface area contributed by atoms with Crippen molar-refractivity contribution in [2.24, 2.45) is 0 Å². The standard InChI is InChI=1S/C30H33N7O/c31-23-9-13-26-21(16-23)4-3-5-22-18-27(33-34-28(22)26)29-35-36-30(38-29)32-24-10-6-19-7-11-25(12-8-20(19)17-24)37-14-1-2-15-37/h6,9-10,13,16-18,25H,1-5,7-8,11-12,14-15,31H2,(H,32,36). The van der Waals surface area contributed by atoms with Gasteiger partial charge in [-0.3, -0.25) is 0 Å².